The van der Waals surface area contributed by atoms with E-state index in [1.165, 1.54) is 11.1 Å². The van der Waals surface area contributed by atoms with Crippen LogP contribution in [0.3, 0.4) is 0 Å². The zero-order valence-corrected chi connectivity index (χ0v) is 21.1. The number of nitrogens with zero attached hydrogens (tertiary/aromatic N) is 5. The van der Waals surface area contributed by atoms with Crippen LogP contribution in [0.4, 0.5) is 0 Å². The Morgan fingerprint density at radius 2 is 1.95 bits per heavy atom. The maximum Gasteiger partial charge on any atom is 0.271 e. The highest BCUT2D eigenvalue weighted by Crippen LogP contribution is 2.24. The Bertz CT molecular complexity index is 1430. The molecule has 1 fully saturated rings. The summed E-state index contributed by atoms with van der Waals surface area (Å²) in [6.07, 6.45) is 7.25. The summed E-state index contributed by atoms with van der Waals surface area (Å²) in [5, 5.41) is 28.2. The van der Waals surface area contributed by atoms with Crippen molar-refractivity contribution in [1.29, 1.82) is 0 Å². The molecule has 2 aliphatic rings. The molecule has 5 heterocycles. The molecule has 38 heavy (non-hydrogen) atoms. The fourth-order valence-corrected chi connectivity index (χ4v) is 5.21. The van der Waals surface area contributed by atoms with Gasteiger partial charge in [0.1, 0.15) is 11.3 Å². The van der Waals surface area contributed by atoms with E-state index in [1.807, 2.05) is 47.5 Å². The topological polar surface area (TPSA) is 117 Å². The minimum Gasteiger partial charge on any atom is -0.389 e. The summed E-state index contributed by atoms with van der Waals surface area (Å²) in [5.41, 5.74) is 5.41. The van der Waals surface area contributed by atoms with Crippen LogP contribution in [0, 0.1) is 0 Å². The van der Waals surface area contributed by atoms with Gasteiger partial charge in [-0.15, -0.1) is 0 Å². The third kappa shape index (κ3) is 5.21. The van der Waals surface area contributed by atoms with Gasteiger partial charge >= 0.3 is 0 Å². The summed E-state index contributed by atoms with van der Waals surface area (Å²) in [6.45, 7) is 3.28. The van der Waals surface area contributed by atoms with Crippen molar-refractivity contribution in [3.63, 3.8) is 0 Å². The summed E-state index contributed by atoms with van der Waals surface area (Å²) < 4.78 is 9.21. The van der Waals surface area contributed by atoms with Gasteiger partial charge < -0.3 is 24.7 Å². The van der Waals surface area contributed by atoms with Gasteiger partial charge in [-0.2, -0.15) is 5.10 Å². The van der Waals surface area contributed by atoms with Crippen LogP contribution in [0.2, 0.25) is 0 Å². The Morgan fingerprint density at radius 3 is 2.79 bits per heavy atom. The molecular weight excluding hydrogens is 484 g/mol. The summed E-state index contributed by atoms with van der Waals surface area (Å²) in [4.78, 5) is 19.3. The number of ether oxygens (including phenoxy) is 1. The SMILES string of the molecule is O=C(NC[C@H](O)[C@@H](O)CN1CCc2ccccc2C1)c1cn2cc(-c3cnn(C4CCOC4)c3)ccc2n1. The van der Waals surface area contributed by atoms with Crippen molar-refractivity contribution < 1.29 is 19.7 Å². The minimum absolute atomic E-state index is 0.0619. The highest BCUT2D eigenvalue weighted by Gasteiger charge is 2.24. The molecule has 0 saturated carbocycles. The molecule has 198 valence electrons. The van der Waals surface area contributed by atoms with Crippen molar-refractivity contribution in [2.75, 3.05) is 32.8 Å². The van der Waals surface area contributed by atoms with E-state index < -0.39 is 18.1 Å². The molecule has 1 amide bonds. The van der Waals surface area contributed by atoms with Gasteiger partial charge in [0.25, 0.3) is 5.91 Å². The maximum absolute atomic E-state index is 12.8. The van der Waals surface area contributed by atoms with Crippen LogP contribution in [0.25, 0.3) is 16.8 Å². The minimum atomic E-state index is -1.08. The second-order valence-corrected chi connectivity index (χ2v) is 10.1. The van der Waals surface area contributed by atoms with Crippen molar-refractivity contribution in [2.45, 2.75) is 37.6 Å². The summed E-state index contributed by atoms with van der Waals surface area (Å²) in [5.74, 6) is -0.401. The molecular formula is C28H32N6O4. The number of nitrogens with one attached hydrogen (secondary N) is 1. The number of fused-ring (bicyclic) bond motifs is 2. The van der Waals surface area contributed by atoms with Crippen LogP contribution < -0.4 is 5.32 Å². The highest BCUT2D eigenvalue weighted by atomic mass is 16.5. The average molecular weight is 517 g/mol. The van der Waals surface area contributed by atoms with E-state index in [9.17, 15) is 15.0 Å². The van der Waals surface area contributed by atoms with E-state index in [2.05, 4.69) is 32.4 Å². The Balaban J connectivity index is 1.04. The van der Waals surface area contributed by atoms with Gasteiger partial charge in [-0.1, -0.05) is 24.3 Å². The van der Waals surface area contributed by atoms with Crippen molar-refractivity contribution in [3.05, 3.63) is 78.0 Å². The molecule has 3 atom stereocenters. The Kier molecular flexibility index (Phi) is 6.94. The summed E-state index contributed by atoms with van der Waals surface area (Å²) in [6, 6.07) is 12.4. The van der Waals surface area contributed by atoms with E-state index in [-0.39, 0.29) is 18.3 Å². The van der Waals surface area contributed by atoms with Crippen molar-refractivity contribution in [2.24, 2.45) is 0 Å². The molecule has 1 aromatic carbocycles. The molecule has 0 radical (unpaired) electrons. The normalized spacial score (nSPS) is 19.4. The second kappa shape index (κ2) is 10.7. The average Bonchev–Trinajstić information content (AvgIpc) is 3.71. The standard InChI is InChI=1S/C28H32N6O4/c35-25(26(36)17-32-9-7-19-3-1-2-4-20(19)13-32)12-29-28(37)24-16-33-14-21(5-6-27(33)31-24)22-11-30-34(15-22)23-8-10-38-18-23/h1-6,11,14-16,23,25-26,35-36H,7-10,12-13,17-18H2,(H,29,37)/t23?,25-,26-/m0/s1. The lowest BCUT2D eigenvalue weighted by Gasteiger charge is -2.31. The number of benzene rings is 1. The quantitative estimate of drug-likeness (QED) is 0.326. The van der Waals surface area contributed by atoms with Gasteiger partial charge in [0.05, 0.1) is 31.1 Å². The number of aliphatic hydroxyl groups excluding tert-OH is 2. The number of β-amino-alcohol motifs (C(OH)–C–C–N with tert-alkyl or cyclic N) is 1. The first kappa shape index (κ1) is 24.7. The molecule has 6 rings (SSSR count). The zero-order chi connectivity index (χ0) is 26.1. The summed E-state index contributed by atoms with van der Waals surface area (Å²) >= 11 is 0. The fourth-order valence-electron chi connectivity index (χ4n) is 5.21. The van der Waals surface area contributed by atoms with E-state index in [0.29, 0.717) is 18.8 Å². The molecule has 0 spiro atoms. The largest absolute Gasteiger partial charge is 0.389 e. The van der Waals surface area contributed by atoms with E-state index in [1.54, 1.807) is 10.6 Å². The van der Waals surface area contributed by atoms with Gasteiger partial charge in [0, 0.05) is 62.5 Å². The van der Waals surface area contributed by atoms with Gasteiger partial charge in [0.2, 0.25) is 0 Å². The van der Waals surface area contributed by atoms with Gasteiger partial charge in [-0.3, -0.25) is 14.4 Å². The van der Waals surface area contributed by atoms with Gasteiger partial charge in [0.15, 0.2) is 0 Å². The predicted molar refractivity (Wildman–Crippen MR) is 141 cm³/mol. The van der Waals surface area contributed by atoms with Crippen molar-refractivity contribution in [1.82, 2.24) is 29.4 Å². The monoisotopic (exact) mass is 516 g/mol. The van der Waals surface area contributed by atoms with Gasteiger partial charge in [-0.05, 0) is 36.1 Å². The molecule has 2 aliphatic heterocycles. The molecule has 1 unspecified atom stereocenters. The number of aliphatic hydroxyl groups is 2. The van der Waals surface area contributed by atoms with Crippen LogP contribution in [-0.4, -0.2) is 85.2 Å². The van der Waals surface area contributed by atoms with Crippen molar-refractivity contribution in [3.8, 4) is 11.1 Å². The lowest BCUT2D eigenvalue weighted by molar-refractivity contribution is -0.00343. The number of amides is 1. The first-order valence-corrected chi connectivity index (χ1v) is 13.1. The number of carbonyl (C=O) groups is 1. The number of carbonyl (C=O) groups excluding carboxylic acids is 1. The molecule has 4 aromatic rings. The number of imidazole rings is 1. The molecule has 1 saturated heterocycles. The van der Waals surface area contributed by atoms with Crippen LogP contribution >= 0.6 is 0 Å². The number of hydrogen-bond donors (Lipinski definition) is 3. The maximum atomic E-state index is 12.8. The van der Waals surface area contributed by atoms with Crippen molar-refractivity contribution >= 4 is 11.6 Å². The lowest BCUT2D eigenvalue weighted by Crippen LogP contribution is -2.45. The number of pyridine rings is 1. The number of rotatable bonds is 8. The molecule has 0 aliphatic carbocycles. The highest BCUT2D eigenvalue weighted by molar-refractivity contribution is 5.92. The number of aromatic nitrogens is 4. The third-order valence-electron chi connectivity index (χ3n) is 7.47. The Hall–Kier alpha value is -3.57. The Morgan fingerprint density at radius 1 is 1.08 bits per heavy atom. The predicted octanol–water partition coefficient (Wildman–Crippen LogP) is 1.67. The summed E-state index contributed by atoms with van der Waals surface area (Å²) in [7, 11) is 0. The van der Waals surface area contributed by atoms with Crippen LogP contribution in [-0.2, 0) is 17.7 Å². The zero-order valence-electron chi connectivity index (χ0n) is 21.1. The van der Waals surface area contributed by atoms with E-state index >= 15 is 0 Å². The third-order valence-corrected chi connectivity index (χ3v) is 7.47. The first-order valence-electron chi connectivity index (χ1n) is 13.1. The second-order valence-electron chi connectivity index (χ2n) is 10.1. The fraction of sp³-hybridized carbons (Fsp3) is 0.393. The van der Waals surface area contributed by atoms with E-state index in [0.717, 1.165) is 43.7 Å². The van der Waals surface area contributed by atoms with Crippen LogP contribution in [0.15, 0.2) is 61.2 Å². The lowest BCUT2D eigenvalue weighted by atomic mass is 9.99. The van der Waals surface area contributed by atoms with Crippen LogP contribution in [0.1, 0.15) is 34.1 Å². The van der Waals surface area contributed by atoms with E-state index in [4.69, 9.17) is 4.74 Å². The molecule has 0 bridgehead atoms. The van der Waals surface area contributed by atoms with Gasteiger partial charge in [-0.25, -0.2) is 4.98 Å². The first-order chi connectivity index (χ1) is 18.5. The Labute approximate surface area is 220 Å². The smallest absolute Gasteiger partial charge is 0.271 e. The molecule has 10 nitrogen and oxygen atoms in total. The molecule has 10 heteroatoms. The molecule has 3 N–H and O–H groups in total. The number of hydrogen-bond acceptors (Lipinski definition) is 7. The molecule has 3 aromatic heterocycles. The van der Waals surface area contributed by atoms with Crippen LogP contribution in [0.5, 0.6) is 0 Å².